The number of benzene rings is 18. The van der Waals surface area contributed by atoms with Crippen molar-refractivity contribution in [3.63, 3.8) is 0 Å². The molecule has 114 heavy (non-hydrogen) atoms. The van der Waals surface area contributed by atoms with Gasteiger partial charge in [0, 0.05) is 98.6 Å². The van der Waals surface area contributed by atoms with Gasteiger partial charge in [-0.1, -0.05) is 267 Å². The summed E-state index contributed by atoms with van der Waals surface area (Å²) in [6, 6.07) is 152. The molecule has 532 valence electrons. The molecule has 6 nitrogen and oxygen atoms in total. The van der Waals surface area contributed by atoms with Crippen molar-refractivity contribution in [1.82, 2.24) is 22.8 Å². The Kier molecular flexibility index (Phi) is 14.9. The minimum atomic E-state index is 0.913. The molecule has 0 atom stereocenters. The van der Waals surface area contributed by atoms with Gasteiger partial charge in [-0.05, 0) is 202 Å². The minimum absolute atomic E-state index is 0.913. The number of nitrogens with zero attached hydrogens (tertiary/aromatic N) is 5. The SMILES string of the molecule is c1ccc(-c2cccc(-n3c4ccccc4c4cc(-c5ccc6c(c5)c5ccccc5n6-c5cccc(-c6ccccc6)c5)ccc43)c2)cc1.c1ccc2c(c1)oc1c(-c3ccc(-n4c5ccccc5c5cc(-c6ccc7c(c6)c6ccccc6n7-c6ccc(-n7c8ccccc8c8ccccc87)cc6)ccc54)cc3)cccc12. The van der Waals surface area contributed by atoms with Crippen LogP contribution in [0, 0.1) is 0 Å². The first-order valence-electron chi connectivity index (χ1n) is 39.1. The number of para-hydroxylation sites is 8. The maximum Gasteiger partial charge on any atom is 0.143 e. The predicted molar refractivity (Wildman–Crippen MR) is 479 cm³/mol. The van der Waals surface area contributed by atoms with E-state index in [1.807, 2.05) is 12.1 Å². The number of fused-ring (bicyclic) bond motifs is 18. The highest BCUT2D eigenvalue weighted by Gasteiger charge is 2.22. The average Bonchev–Trinajstić information content (AvgIpc) is 1.57. The van der Waals surface area contributed by atoms with E-state index < -0.39 is 0 Å². The first kappa shape index (κ1) is 64.7. The van der Waals surface area contributed by atoms with Crippen LogP contribution in [0.15, 0.2) is 423 Å². The van der Waals surface area contributed by atoms with Gasteiger partial charge < -0.3 is 27.3 Å². The summed E-state index contributed by atoms with van der Waals surface area (Å²) in [7, 11) is 0. The fourth-order valence-corrected chi connectivity index (χ4v) is 18.3. The molecular formula is C108H69N5O. The highest BCUT2D eigenvalue weighted by atomic mass is 16.3. The van der Waals surface area contributed by atoms with Crippen LogP contribution in [0.5, 0.6) is 0 Å². The maximum atomic E-state index is 6.40. The summed E-state index contributed by atoms with van der Waals surface area (Å²) >= 11 is 0. The molecule has 0 unspecified atom stereocenters. The summed E-state index contributed by atoms with van der Waals surface area (Å²) in [5.41, 5.74) is 31.5. The minimum Gasteiger partial charge on any atom is -0.455 e. The highest BCUT2D eigenvalue weighted by Crippen LogP contribution is 2.44. The number of furan rings is 1. The highest BCUT2D eigenvalue weighted by molar-refractivity contribution is 6.16. The van der Waals surface area contributed by atoms with Gasteiger partial charge >= 0.3 is 0 Å². The molecule has 6 heterocycles. The molecule has 0 N–H and O–H groups in total. The second kappa shape index (κ2) is 26.2. The Hall–Kier alpha value is -15.2. The van der Waals surface area contributed by atoms with Crippen molar-refractivity contribution >= 4 is 131 Å². The van der Waals surface area contributed by atoms with E-state index in [0.29, 0.717) is 0 Å². The monoisotopic (exact) mass is 1450 g/mol. The fourth-order valence-electron chi connectivity index (χ4n) is 18.3. The molecule has 0 saturated heterocycles. The van der Waals surface area contributed by atoms with Crippen LogP contribution in [0.3, 0.4) is 0 Å². The summed E-state index contributed by atoms with van der Waals surface area (Å²) in [5.74, 6) is 0. The van der Waals surface area contributed by atoms with E-state index in [0.717, 1.165) is 61.5 Å². The van der Waals surface area contributed by atoms with Crippen molar-refractivity contribution in [2.75, 3.05) is 0 Å². The molecule has 18 aromatic carbocycles. The smallest absolute Gasteiger partial charge is 0.143 e. The van der Waals surface area contributed by atoms with Gasteiger partial charge in [-0.2, -0.15) is 0 Å². The lowest BCUT2D eigenvalue weighted by Gasteiger charge is -2.12. The quantitative estimate of drug-likeness (QED) is 0.134. The van der Waals surface area contributed by atoms with Crippen molar-refractivity contribution in [2.45, 2.75) is 0 Å². The molecule has 0 saturated carbocycles. The fraction of sp³-hybridized carbons (Fsp3) is 0. The second-order valence-electron chi connectivity index (χ2n) is 29.9. The molecule has 0 aliphatic heterocycles. The van der Waals surface area contributed by atoms with Crippen LogP contribution < -0.4 is 0 Å². The summed E-state index contributed by atoms with van der Waals surface area (Å²) in [5, 5.41) is 14.8. The molecule has 6 heteroatoms. The van der Waals surface area contributed by atoms with Crippen molar-refractivity contribution in [3.8, 4) is 84.1 Å². The maximum absolute atomic E-state index is 6.40. The Morgan fingerprint density at radius 2 is 0.395 bits per heavy atom. The van der Waals surface area contributed by atoms with E-state index in [1.165, 1.54) is 154 Å². The molecule has 0 aliphatic carbocycles. The van der Waals surface area contributed by atoms with Crippen molar-refractivity contribution in [3.05, 3.63) is 419 Å². The van der Waals surface area contributed by atoms with Crippen molar-refractivity contribution in [1.29, 1.82) is 0 Å². The van der Waals surface area contributed by atoms with Gasteiger partial charge in [0.2, 0.25) is 0 Å². The van der Waals surface area contributed by atoms with E-state index >= 15 is 0 Å². The molecule has 0 bridgehead atoms. The molecule has 0 radical (unpaired) electrons. The zero-order valence-electron chi connectivity index (χ0n) is 62.0. The second-order valence-corrected chi connectivity index (χ2v) is 29.9. The van der Waals surface area contributed by atoms with Crippen LogP contribution >= 0.6 is 0 Å². The number of rotatable bonds is 10. The van der Waals surface area contributed by atoms with Gasteiger partial charge in [-0.15, -0.1) is 0 Å². The summed E-state index contributed by atoms with van der Waals surface area (Å²) in [6.07, 6.45) is 0. The Bertz CT molecular complexity index is 7710. The lowest BCUT2D eigenvalue weighted by Crippen LogP contribution is -1.97. The third kappa shape index (κ3) is 10.4. The topological polar surface area (TPSA) is 37.8 Å². The number of aromatic nitrogens is 5. The van der Waals surface area contributed by atoms with Gasteiger partial charge in [-0.25, -0.2) is 0 Å². The van der Waals surface area contributed by atoms with E-state index in [-0.39, 0.29) is 0 Å². The van der Waals surface area contributed by atoms with Crippen LogP contribution in [0.1, 0.15) is 0 Å². The lowest BCUT2D eigenvalue weighted by atomic mass is 10.0. The van der Waals surface area contributed by atoms with Gasteiger partial charge in [0.05, 0.1) is 55.2 Å². The van der Waals surface area contributed by atoms with Crippen LogP contribution in [-0.4, -0.2) is 22.8 Å². The van der Waals surface area contributed by atoms with Crippen molar-refractivity contribution < 1.29 is 4.42 Å². The summed E-state index contributed by atoms with van der Waals surface area (Å²) in [6.45, 7) is 0. The van der Waals surface area contributed by atoms with Crippen LogP contribution in [-0.2, 0) is 0 Å². The Balaban J connectivity index is 0.000000140. The lowest BCUT2D eigenvalue weighted by molar-refractivity contribution is 0.670. The largest absolute Gasteiger partial charge is 0.455 e. The molecule has 0 amide bonds. The first-order valence-corrected chi connectivity index (χ1v) is 39.1. The molecule has 0 fully saturated rings. The molecule has 0 aliphatic rings. The number of hydrogen-bond acceptors (Lipinski definition) is 1. The molecule has 6 aromatic heterocycles. The van der Waals surface area contributed by atoms with E-state index in [4.69, 9.17) is 4.42 Å². The van der Waals surface area contributed by atoms with Crippen LogP contribution in [0.2, 0.25) is 0 Å². The standard InChI is InChI=1S/C60H37N3O.C48H32N2/c1-6-19-53-45(12-1)46-13-2-7-20-54(46)61(53)42-30-32-43(33-31-42)63-56-22-9-4-15-48(56)52-37-40(27-35-58(52)63)39-26-34-57-51(36-39)47-14-3-8-21-55(47)62(57)41-28-24-38(25-29-41)44-17-11-18-50-49-16-5-10-23-59(49)64-60(44)50;1-3-13-33(14-4-1)35-17-11-19-39(29-35)49-45-23-9-7-21-41(45)43-31-37(25-27-47(43)49)38-26-28-48-44(32-38)42-22-8-10-24-46(42)50(48)40-20-12-18-36(30-40)34-15-5-2-6-16-34/h1-37H;1-32H. The van der Waals surface area contributed by atoms with Gasteiger partial charge in [0.25, 0.3) is 0 Å². The van der Waals surface area contributed by atoms with Crippen molar-refractivity contribution in [2.24, 2.45) is 0 Å². The van der Waals surface area contributed by atoms with Gasteiger partial charge in [-0.3, -0.25) is 0 Å². The average molecular weight is 1450 g/mol. The Morgan fingerprint density at radius 1 is 0.140 bits per heavy atom. The summed E-state index contributed by atoms with van der Waals surface area (Å²) < 4.78 is 18.4. The van der Waals surface area contributed by atoms with E-state index in [2.05, 4.69) is 429 Å². The zero-order valence-corrected chi connectivity index (χ0v) is 62.0. The third-order valence-corrected chi connectivity index (χ3v) is 23.6. The first-order chi connectivity index (χ1) is 56.5. The number of hydrogen-bond donors (Lipinski definition) is 0. The molecule has 0 spiro atoms. The summed E-state index contributed by atoms with van der Waals surface area (Å²) in [4.78, 5) is 0. The zero-order chi connectivity index (χ0) is 74.9. The van der Waals surface area contributed by atoms with Crippen LogP contribution in [0.25, 0.3) is 215 Å². The normalized spacial score (nSPS) is 11.9. The molecular weight excluding hydrogens is 1380 g/mol. The van der Waals surface area contributed by atoms with Gasteiger partial charge in [0.15, 0.2) is 0 Å². The Labute approximate surface area is 656 Å². The van der Waals surface area contributed by atoms with Crippen LogP contribution in [0.4, 0.5) is 0 Å². The third-order valence-electron chi connectivity index (χ3n) is 23.6. The predicted octanol–water partition coefficient (Wildman–Crippen LogP) is 29.1. The molecule has 24 rings (SSSR count). The van der Waals surface area contributed by atoms with Gasteiger partial charge in [0.1, 0.15) is 11.2 Å². The van der Waals surface area contributed by atoms with E-state index in [9.17, 15) is 0 Å². The van der Waals surface area contributed by atoms with E-state index in [1.54, 1.807) is 0 Å². The Morgan fingerprint density at radius 3 is 0.763 bits per heavy atom. The molecule has 24 aromatic rings.